The van der Waals surface area contributed by atoms with Crippen molar-refractivity contribution >= 4 is 34.8 Å². The van der Waals surface area contributed by atoms with E-state index in [4.69, 9.17) is 11.6 Å². The van der Waals surface area contributed by atoms with Gasteiger partial charge in [-0.1, -0.05) is 50.6 Å². The van der Waals surface area contributed by atoms with Crippen LogP contribution in [-0.4, -0.2) is 42.4 Å². The number of hydrogen-bond acceptors (Lipinski definition) is 4. The molecule has 1 fully saturated rings. The molecule has 7 heteroatoms. The van der Waals surface area contributed by atoms with Crippen LogP contribution in [0.1, 0.15) is 54.9 Å². The fraction of sp³-hybridized carbons (Fsp3) is 0.500. The molecule has 3 rings (SSSR count). The Morgan fingerprint density at radius 2 is 1.87 bits per heavy atom. The first-order valence-electron chi connectivity index (χ1n) is 11.0. The normalized spacial score (nSPS) is 17.3. The molecule has 2 aromatic rings. The predicted molar refractivity (Wildman–Crippen MR) is 128 cm³/mol. The van der Waals surface area contributed by atoms with Crippen molar-refractivity contribution in [3.8, 4) is 0 Å². The van der Waals surface area contributed by atoms with Crippen LogP contribution in [0.2, 0.25) is 5.02 Å². The van der Waals surface area contributed by atoms with E-state index in [1.54, 1.807) is 35.6 Å². The average Bonchev–Trinajstić information content (AvgIpc) is 3.27. The molecule has 5 nitrogen and oxygen atoms in total. The zero-order valence-corrected chi connectivity index (χ0v) is 20.0. The van der Waals surface area contributed by atoms with Gasteiger partial charge in [0, 0.05) is 11.4 Å². The van der Waals surface area contributed by atoms with Crippen LogP contribution in [0.15, 0.2) is 41.8 Å². The predicted octanol–water partition coefficient (Wildman–Crippen LogP) is 4.75. The van der Waals surface area contributed by atoms with E-state index >= 15 is 0 Å². The molecular weight excluding hydrogens is 430 g/mol. The first-order chi connectivity index (χ1) is 14.9. The topological polar surface area (TPSA) is 61.4 Å². The van der Waals surface area contributed by atoms with Crippen LogP contribution in [0.3, 0.4) is 0 Å². The highest BCUT2D eigenvalue weighted by atomic mass is 35.5. The van der Waals surface area contributed by atoms with Crippen molar-refractivity contribution in [3.05, 3.63) is 57.2 Å². The molecule has 2 amide bonds. The van der Waals surface area contributed by atoms with Crippen LogP contribution >= 0.6 is 22.9 Å². The summed E-state index contributed by atoms with van der Waals surface area (Å²) in [6.45, 7) is 8.76. The zero-order valence-electron chi connectivity index (χ0n) is 18.4. The molecule has 168 valence electrons. The lowest BCUT2D eigenvalue weighted by molar-refractivity contribution is -0.124. The standard InChI is InChI=1S/C24H32ClN3O2S/c1-16(2)22(27-23(29)18-7-4-5-8-19(18)25)24(30)26-15-20(21-9-6-14-31-21)28-12-10-17(3)11-13-28/h4-9,14,16-17,20,22H,10-13,15H2,1-3H3,(H,26,30)(H,27,29)/t20-,22-/m1/s1. The van der Waals surface area contributed by atoms with E-state index in [1.807, 2.05) is 13.8 Å². The van der Waals surface area contributed by atoms with Gasteiger partial charge >= 0.3 is 0 Å². The lowest BCUT2D eigenvalue weighted by Gasteiger charge is -2.36. The van der Waals surface area contributed by atoms with Crippen molar-refractivity contribution in [1.82, 2.24) is 15.5 Å². The summed E-state index contributed by atoms with van der Waals surface area (Å²) in [5, 5.41) is 8.44. The lowest BCUT2D eigenvalue weighted by atomic mass is 9.97. The third-order valence-electron chi connectivity index (χ3n) is 5.95. The van der Waals surface area contributed by atoms with Crippen molar-refractivity contribution < 1.29 is 9.59 Å². The van der Waals surface area contributed by atoms with E-state index in [0.29, 0.717) is 17.1 Å². The number of amides is 2. The van der Waals surface area contributed by atoms with Gasteiger partial charge in [0.2, 0.25) is 5.91 Å². The number of benzene rings is 1. The summed E-state index contributed by atoms with van der Waals surface area (Å²) < 4.78 is 0. The summed E-state index contributed by atoms with van der Waals surface area (Å²) in [4.78, 5) is 29.5. The van der Waals surface area contributed by atoms with Gasteiger partial charge in [-0.2, -0.15) is 0 Å². The molecule has 31 heavy (non-hydrogen) atoms. The molecule has 2 atom stereocenters. The Kier molecular flexibility index (Phi) is 8.52. The second-order valence-electron chi connectivity index (χ2n) is 8.67. The summed E-state index contributed by atoms with van der Waals surface area (Å²) in [6.07, 6.45) is 2.36. The monoisotopic (exact) mass is 461 g/mol. The minimum Gasteiger partial charge on any atom is -0.352 e. The Bertz CT molecular complexity index is 863. The van der Waals surface area contributed by atoms with Crippen LogP contribution in [0.4, 0.5) is 0 Å². The lowest BCUT2D eigenvalue weighted by Crippen LogP contribution is -2.51. The van der Waals surface area contributed by atoms with Gasteiger partial charge in [0.25, 0.3) is 5.91 Å². The molecule has 2 heterocycles. The molecule has 0 aliphatic carbocycles. The fourth-order valence-electron chi connectivity index (χ4n) is 3.94. The molecule has 0 unspecified atom stereocenters. The van der Waals surface area contributed by atoms with Gasteiger partial charge in [-0.3, -0.25) is 14.5 Å². The maximum Gasteiger partial charge on any atom is 0.253 e. The Labute approximate surface area is 194 Å². The van der Waals surface area contributed by atoms with Gasteiger partial charge < -0.3 is 10.6 Å². The van der Waals surface area contributed by atoms with Crippen molar-refractivity contribution in [3.63, 3.8) is 0 Å². The molecule has 0 saturated carbocycles. The highest BCUT2D eigenvalue weighted by Crippen LogP contribution is 2.29. The fourth-order valence-corrected chi connectivity index (χ4v) is 5.02. The van der Waals surface area contributed by atoms with Crippen LogP contribution in [-0.2, 0) is 4.79 Å². The number of nitrogens with one attached hydrogen (secondary N) is 2. The second kappa shape index (κ2) is 11.1. The minimum absolute atomic E-state index is 0.0533. The summed E-state index contributed by atoms with van der Waals surface area (Å²) in [6, 6.07) is 10.6. The third-order valence-corrected chi connectivity index (χ3v) is 7.26. The maximum atomic E-state index is 13.1. The average molecular weight is 462 g/mol. The van der Waals surface area contributed by atoms with E-state index in [2.05, 4.69) is 40.0 Å². The summed E-state index contributed by atoms with van der Waals surface area (Å²) >= 11 is 7.88. The molecule has 0 bridgehead atoms. The van der Waals surface area contributed by atoms with Gasteiger partial charge in [-0.15, -0.1) is 11.3 Å². The molecule has 1 aliphatic heterocycles. The zero-order chi connectivity index (χ0) is 22.4. The van der Waals surface area contributed by atoms with Gasteiger partial charge in [0.1, 0.15) is 6.04 Å². The Hall–Kier alpha value is -1.89. The van der Waals surface area contributed by atoms with E-state index in [0.717, 1.165) is 19.0 Å². The Balaban J connectivity index is 1.66. The third kappa shape index (κ3) is 6.31. The van der Waals surface area contributed by atoms with E-state index in [9.17, 15) is 9.59 Å². The Morgan fingerprint density at radius 1 is 1.16 bits per heavy atom. The highest BCUT2D eigenvalue weighted by Gasteiger charge is 2.29. The van der Waals surface area contributed by atoms with Crippen LogP contribution < -0.4 is 10.6 Å². The van der Waals surface area contributed by atoms with Gasteiger partial charge in [-0.05, 0) is 61.3 Å². The minimum atomic E-state index is -0.630. The highest BCUT2D eigenvalue weighted by molar-refractivity contribution is 7.10. The number of nitrogens with zero attached hydrogens (tertiary/aromatic N) is 1. The van der Waals surface area contributed by atoms with E-state index in [1.165, 1.54) is 17.7 Å². The number of carbonyl (C=O) groups excluding carboxylic acids is 2. The maximum absolute atomic E-state index is 13.1. The summed E-state index contributed by atoms with van der Waals surface area (Å²) in [5.74, 6) is 0.198. The smallest absolute Gasteiger partial charge is 0.253 e. The van der Waals surface area contributed by atoms with Crippen molar-refractivity contribution in [1.29, 1.82) is 0 Å². The molecular formula is C24H32ClN3O2S. The summed E-state index contributed by atoms with van der Waals surface area (Å²) in [7, 11) is 0. The van der Waals surface area contributed by atoms with Gasteiger partial charge in [-0.25, -0.2) is 0 Å². The van der Waals surface area contributed by atoms with Crippen molar-refractivity contribution in [2.45, 2.75) is 45.7 Å². The largest absolute Gasteiger partial charge is 0.352 e. The molecule has 1 aliphatic rings. The molecule has 2 N–H and O–H groups in total. The van der Waals surface area contributed by atoms with Crippen LogP contribution in [0, 0.1) is 11.8 Å². The second-order valence-corrected chi connectivity index (χ2v) is 10.1. The number of carbonyl (C=O) groups is 2. The summed E-state index contributed by atoms with van der Waals surface area (Å²) in [5.41, 5.74) is 0.376. The number of thiophene rings is 1. The van der Waals surface area contributed by atoms with Crippen molar-refractivity contribution in [2.75, 3.05) is 19.6 Å². The van der Waals surface area contributed by atoms with E-state index in [-0.39, 0.29) is 23.8 Å². The SMILES string of the molecule is CC1CCN([C@H](CNC(=O)[C@H](NC(=O)c2ccccc2Cl)C(C)C)c2cccs2)CC1. The Morgan fingerprint density at radius 3 is 2.48 bits per heavy atom. The molecule has 1 aromatic carbocycles. The van der Waals surface area contributed by atoms with E-state index < -0.39 is 6.04 Å². The number of likely N-dealkylation sites (tertiary alicyclic amines) is 1. The van der Waals surface area contributed by atoms with Gasteiger partial charge in [0.05, 0.1) is 16.6 Å². The molecule has 1 saturated heterocycles. The molecule has 0 radical (unpaired) electrons. The molecule has 0 spiro atoms. The number of halogens is 1. The van der Waals surface area contributed by atoms with Crippen LogP contribution in [0.5, 0.6) is 0 Å². The van der Waals surface area contributed by atoms with Crippen LogP contribution in [0.25, 0.3) is 0 Å². The molecule has 1 aromatic heterocycles. The first-order valence-corrected chi connectivity index (χ1v) is 12.2. The van der Waals surface area contributed by atoms with Crippen molar-refractivity contribution in [2.24, 2.45) is 11.8 Å². The number of rotatable bonds is 8. The quantitative estimate of drug-likeness (QED) is 0.596. The number of piperidine rings is 1. The van der Waals surface area contributed by atoms with Gasteiger partial charge in [0.15, 0.2) is 0 Å². The number of hydrogen-bond donors (Lipinski definition) is 2. The first kappa shape index (κ1) is 23.8.